The molecule has 3 nitrogen and oxygen atoms in total. The van der Waals surface area contributed by atoms with Gasteiger partial charge in [-0.2, -0.15) is 0 Å². The van der Waals surface area contributed by atoms with Crippen LogP contribution in [-0.2, 0) is 6.42 Å². The summed E-state index contributed by atoms with van der Waals surface area (Å²) in [5.41, 5.74) is 1.84. The highest BCUT2D eigenvalue weighted by Gasteiger charge is 2.31. The minimum atomic E-state index is -4.67. The molecule has 2 aromatic rings. The van der Waals surface area contributed by atoms with Gasteiger partial charge in [0.2, 0.25) is 0 Å². The predicted octanol–water partition coefficient (Wildman–Crippen LogP) is 4.44. The summed E-state index contributed by atoms with van der Waals surface area (Å²) in [5, 5.41) is 3.15. The van der Waals surface area contributed by atoms with Crippen molar-refractivity contribution in [1.29, 1.82) is 0 Å². The molecule has 7 heteroatoms. The zero-order valence-corrected chi connectivity index (χ0v) is 12.7. The number of ether oxygens (including phenoxy) is 1. The first-order valence-electron chi connectivity index (χ1n) is 6.14. The van der Waals surface area contributed by atoms with Crippen LogP contribution in [-0.4, -0.2) is 13.4 Å². The molecule has 2 rings (SSSR count). The highest BCUT2D eigenvalue weighted by molar-refractivity contribution is 9.10. The van der Waals surface area contributed by atoms with Gasteiger partial charge in [-0.15, -0.1) is 13.2 Å². The normalized spacial score (nSPS) is 13.2. The summed E-state index contributed by atoms with van der Waals surface area (Å²) >= 11 is 3.31. The summed E-state index contributed by atoms with van der Waals surface area (Å²) in [4.78, 5) is 0. The van der Waals surface area contributed by atoms with Crippen LogP contribution in [0.4, 0.5) is 13.2 Å². The number of benzene rings is 1. The number of alkyl halides is 3. The molecule has 1 heterocycles. The molecule has 1 aromatic heterocycles. The van der Waals surface area contributed by atoms with E-state index in [1.807, 2.05) is 13.1 Å². The summed E-state index contributed by atoms with van der Waals surface area (Å²) in [5.74, 6) is -0.225. The Morgan fingerprint density at radius 3 is 2.38 bits per heavy atom. The van der Waals surface area contributed by atoms with Crippen molar-refractivity contribution in [3.05, 3.63) is 52.4 Å². The fourth-order valence-electron chi connectivity index (χ4n) is 1.98. The van der Waals surface area contributed by atoms with E-state index in [0.29, 0.717) is 11.1 Å². The van der Waals surface area contributed by atoms with Crippen LogP contribution in [0.15, 0.2) is 45.7 Å². The van der Waals surface area contributed by atoms with Crippen LogP contribution < -0.4 is 10.1 Å². The predicted molar refractivity (Wildman–Crippen MR) is 75.0 cm³/mol. The smallest absolute Gasteiger partial charge is 0.457 e. The van der Waals surface area contributed by atoms with Gasteiger partial charge in [0, 0.05) is 11.6 Å². The molecule has 1 atom stereocenters. The lowest BCUT2D eigenvalue weighted by molar-refractivity contribution is -0.274. The maximum Gasteiger partial charge on any atom is 0.573 e. The Balaban J connectivity index is 2.07. The van der Waals surface area contributed by atoms with E-state index in [1.54, 1.807) is 18.4 Å². The molecule has 0 radical (unpaired) electrons. The lowest BCUT2D eigenvalue weighted by atomic mass is 10.0. The molecule has 114 valence electrons. The van der Waals surface area contributed by atoms with E-state index in [2.05, 4.69) is 26.0 Å². The SMILES string of the molecule is CNC(Cc1ccc(OC(F)(F)F)cc1)c1ccoc1Br. The molecule has 0 aliphatic rings. The van der Waals surface area contributed by atoms with Crippen LogP contribution >= 0.6 is 15.9 Å². The molecular formula is C14H13BrF3NO2. The van der Waals surface area contributed by atoms with Crippen molar-refractivity contribution in [3.8, 4) is 5.75 Å². The Hall–Kier alpha value is -1.47. The maximum atomic E-state index is 12.1. The molecule has 1 N–H and O–H groups in total. The van der Waals surface area contributed by atoms with Gasteiger partial charge in [-0.05, 0) is 53.2 Å². The molecule has 0 saturated heterocycles. The highest BCUT2D eigenvalue weighted by Crippen LogP contribution is 2.28. The zero-order valence-electron chi connectivity index (χ0n) is 11.1. The monoisotopic (exact) mass is 363 g/mol. The van der Waals surface area contributed by atoms with Crippen LogP contribution in [0.2, 0.25) is 0 Å². The van der Waals surface area contributed by atoms with Gasteiger partial charge >= 0.3 is 6.36 Å². The molecule has 21 heavy (non-hydrogen) atoms. The summed E-state index contributed by atoms with van der Waals surface area (Å²) < 4.78 is 45.9. The van der Waals surface area contributed by atoms with Gasteiger partial charge in [0.15, 0.2) is 4.67 Å². The van der Waals surface area contributed by atoms with Gasteiger partial charge in [-0.25, -0.2) is 0 Å². The lowest BCUT2D eigenvalue weighted by Gasteiger charge is -2.16. The zero-order chi connectivity index (χ0) is 15.5. The Morgan fingerprint density at radius 2 is 1.90 bits per heavy atom. The van der Waals surface area contributed by atoms with Crippen molar-refractivity contribution in [2.75, 3.05) is 7.05 Å². The molecule has 0 saturated carbocycles. The fraction of sp³-hybridized carbons (Fsp3) is 0.286. The van der Waals surface area contributed by atoms with Crippen molar-refractivity contribution >= 4 is 15.9 Å². The second-order valence-electron chi connectivity index (χ2n) is 4.39. The maximum absolute atomic E-state index is 12.1. The number of hydrogen-bond acceptors (Lipinski definition) is 3. The number of hydrogen-bond donors (Lipinski definition) is 1. The Morgan fingerprint density at radius 1 is 1.24 bits per heavy atom. The van der Waals surface area contributed by atoms with Crippen molar-refractivity contribution in [1.82, 2.24) is 5.32 Å². The first-order chi connectivity index (χ1) is 9.89. The van der Waals surface area contributed by atoms with E-state index >= 15 is 0 Å². The van der Waals surface area contributed by atoms with Crippen LogP contribution in [0.5, 0.6) is 5.75 Å². The average Bonchev–Trinajstić information content (AvgIpc) is 2.82. The van der Waals surface area contributed by atoms with Gasteiger partial charge in [0.05, 0.1) is 6.26 Å². The summed E-state index contributed by atoms with van der Waals surface area (Å²) in [6, 6.07) is 7.66. The average molecular weight is 364 g/mol. The van der Waals surface area contributed by atoms with Crippen LogP contribution in [0.1, 0.15) is 17.2 Å². The minimum absolute atomic E-state index is 0.00694. The summed E-state index contributed by atoms with van der Waals surface area (Å²) in [7, 11) is 1.81. The van der Waals surface area contributed by atoms with Crippen LogP contribution in [0, 0.1) is 0 Å². The van der Waals surface area contributed by atoms with Crippen molar-refractivity contribution in [3.63, 3.8) is 0 Å². The molecule has 0 spiro atoms. The second kappa shape index (κ2) is 6.53. The number of nitrogens with one attached hydrogen (secondary N) is 1. The summed E-state index contributed by atoms with van der Waals surface area (Å²) in [6.45, 7) is 0. The molecular weight excluding hydrogens is 351 g/mol. The van der Waals surface area contributed by atoms with E-state index in [-0.39, 0.29) is 11.8 Å². The third kappa shape index (κ3) is 4.50. The summed E-state index contributed by atoms with van der Waals surface area (Å²) in [6.07, 6.45) is -2.48. The molecule has 1 aromatic carbocycles. The van der Waals surface area contributed by atoms with Gasteiger partial charge < -0.3 is 14.5 Å². The number of rotatable bonds is 5. The van der Waals surface area contributed by atoms with Crippen molar-refractivity contribution < 1.29 is 22.3 Å². The standard InChI is InChI=1S/C14H13BrF3NO2/c1-19-12(11-6-7-20-13(11)15)8-9-2-4-10(5-3-9)21-14(16,17)18/h2-7,12,19H,8H2,1H3. The Bertz CT molecular complexity index is 581. The van der Waals surface area contributed by atoms with E-state index in [0.717, 1.165) is 11.1 Å². The molecule has 0 amide bonds. The van der Waals surface area contributed by atoms with E-state index in [1.165, 1.54) is 12.1 Å². The third-order valence-electron chi connectivity index (χ3n) is 2.97. The highest BCUT2D eigenvalue weighted by atomic mass is 79.9. The Kier molecular flexibility index (Phi) is 4.95. The van der Waals surface area contributed by atoms with Crippen molar-refractivity contribution in [2.45, 2.75) is 18.8 Å². The van der Waals surface area contributed by atoms with Gasteiger partial charge in [-0.1, -0.05) is 12.1 Å². The fourth-order valence-corrected chi connectivity index (χ4v) is 2.50. The van der Waals surface area contributed by atoms with Gasteiger partial charge in [-0.3, -0.25) is 0 Å². The number of furan rings is 1. The van der Waals surface area contributed by atoms with Crippen LogP contribution in [0.25, 0.3) is 0 Å². The first kappa shape index (κ1) is 15.9. The third-order valence-corrected chi connectivity index (χ3v) is 3.61. The molecule has 0 bridgehead atoms. The van der Waals surface area contributed by atoms with Crippen LogP contribution in [0.3, 0.4) is 0 Å². The Labute approximate surface area is 128 Å². The number of halogens is 4. The topological polar surface area (TPSA) is 34.4 Å². The van der Waals surface area contributed by atoms with Gasteiger partial charge in [0.25, 0.3) is 0 Å². The minimum Gasteiger partial charge on any atom is -0.457 e. The first-order valence-corrected chi connectivity index (χ1v) is 6.93. The quantitative estimate of drug-likeness (QED) is 0.852. The molecule has 1 unspecified atom stereocenters. The lowest BCUT2D eigenvalue weighted by Crippen LogP contribution is -2.19. The molecule has 0 aliphatic carbocycles. The largest absolute Gasteiger partial charge is 0.573 e. The second-order valence-corrected chi connectivity index (χ2v) is 5.11. The number of likely N-dealkylation sites (N-methyl/N-ethyl adjacent to an activating group) is 1. The van der Waals surface area contributed by atoms with Crippen molar-refractivity contribution in [2.24, 2.45) is 0 Å². The van der Waals surface area contributed by atoms with E-state index in [4.69, 9.17) is 4.42 Å². The van der Waals surface area contributed by atoms with E-state index in [9.17, 15) is 13.2 Å². The van der Waals surface area contributed by atoms with Gasteiger partial charge in [0.1, 0.15) is 5.75 Å². The van der Waals surface area contributed by atoms with E-state index < -0.39 is 6.36 Å². The molecule has 0 fully saturated rings. The molecule has 0 aliphatic heterocycles.